The number of hydrogen-bond donors (Lipinski definition) is 0. The van der Waals surface area contributed by atoms with E-state index in [4.69, 9.17) is 0 Å². The summed E-state index contributed by atoms with van der Waals surface area (Å²) in [6.45, 7) is 0. The van der Waals surface area contributed by atoms with Gasteiger partial charge in [-0.25, -0.2) is 0 Å². The summed E-state index contributed by atoms with van der Waals surface area (Å²) in [5, 5.41) is 15.4. The van der Waals surface area contributed by atoms with Crippen molar-refractivity contribution in [3.8, 4) is 5.69 Å². The molecule has 0 spiro atoms. The minimum Gasteiger partial charge on any atom is -0.308 e. The predicted molar refractivity (Wildman–Crippen MR) is 168 cm³/mol. The van der Waals surface area contributed by atoms with E-state index in [1.807, 2.05) is 0 Å². The summed E-state index contributed by atoms with van der Waals surface area (Å²) in [5.74, 6) is 0. The summed E-state index contributed by atoms with van der Waals surface area (Å²) in [7, 11) is 0. The van der Waals surface area contributed by atoms with Gasteiger partial charge >= 0.3 is 0 Å². The van der Waals surface area contributed by atoms with Crippen LogP contribution in [0.3, 0.4) is 0 Å². The molecule has 0 radical (unpaired) electrons. The van der Waals surface area contributed by atoms with Crippen LogP contribution >= 0.6 is 0 Å². The first-order valence-electron chi connectivity index (χ1n) is 13.5. The van der Waals surface area contributed by atoms with Crippen LogP contribution in [0.25, 0.3) is 81.4 Å². The zero-order chi connectivity index (χ0) is 25.5. The van der Waals surface area contributed by atoms with E-state index in [0.717, 1.165) is 0 Å². The van der Waals surface area contributed by atoms with Crippen molar-refractivity contribution in [3.63, 3.8) is 0 Å². The van der Waals surface area contributed by atoms with Crippen molar-refractivity contribution in [2.75, 3.05) is 0 Å². The maximum Gasteiger partial charge on any atom is 0.0626 e. The zero-order valence-electron chi connectivity index (χ0n) is 21.2. The first-order valence-corrected chi connectivity index (χ1v) is 13.5. The van der Waals surface area contributed by atoms with Crippen LogP contribution in [-0.2, 0) is 0 Å². The zero-order valence-corrected chi connectivity index (χ0v) is 21.2. The SMILES string of the molecule is c1ccc2cc3c(cc2c1)c1c2ccccc2c2ccccc2c1n3-c1cc2ccccc2c2ccccc12. The first kappa shape index (κ1) is 20.9. The average Bonchev–Trinajstić information content (AvgIpc) is 3.34. The fourth-order valence-electron chi connectivity index (χ4n) is 6.83. The molecule has 0 aliphatic carbocycles. The maximum atomic E-state index is 2.54. The Bertz CT molecular complexity index is 2440. The van der Waals surface area contributed by atoms with Crippen LogP contribution in [0.15, 0.2) is 140 Å². The van der Waals surface area contributed by atoms with E-state index < -0.39 is 0 Å². The lowest BCUT2D eigenvalue weighted by molar-refractivity contribution is 1.21. The number of aromatic nitrogens is 1. The van der Waals surface area contributed by atoms with E-state index in [2.05, 4.69) is 144 Å². The second-order valence-electron chi connectivity index (χ2n) is 10.5. The highest BCUT2D eigenvalue weighted by Crippen LogP contribution is 2.45. The highest BCUT2D eigenvalue weighted by atomic mass is 15.0. The molecule has 39 heavy (non-hydrogen) atoms. The average molecular weight is 494 g/mol. The Morgan fingerprint density at radius 3 is 1.54 bits per heavy atom. The molecule has 0 atom stereocenters. The molecule has 0 unspecified atom stereocenters. The van der Waals surface area contributed by atoms with Gasteiger partial charge in [0.2, 0.25) is 0 Å². The Labute approximate surface area is 225 Å². The summed E-state index contributed by atoms with van der Waals surface area (Å²) >= 11 is 0. The van der Waals surface area contributed by atoms with Gasteiger partial charge in [0.25, 0.3) is 0 Å². The molecule has 1 aromatic heterocycles. The standard InChI is InChI=1S/C38H23N/c1-2-12-25-22-36-34(21-24(25)11-1)37-32-19-9-6-16-29(32)30-17-7-10-20-33(30)38(37)39(36)35-23-26-13-3-4-14-27(26)28-15-5-8-18-31(28)35/h1-23H. The van der Waals surface area contributed by atoms with E-state index >= 15 is 0 Å². The predicted octanol–water partition coefficient (Wildman–Crippen LogP) is 10.5. The molecule has 0 N–H and O–H groups in total. The Kier molecular flexibility index (Phi) is 4.11. The molecule has 0 aliphatic rings. The van der Waals surface area contributed by atoms with Gasteiger partial charge in [0.15, 0.2) is 0 Å². The van der Waals surface area contributed by atoms with Crippen LogP contribution < -0.4 is 0 Å². The van der Waals surface area contributed by atoms with Crippen LogP contribution in [0.4, 0.5) is 0 Å². The monoisotopic (exact) mass is 493 g/mol. The van der Waals surface area contributed by atoms with Crippen molar-refractivity contribution < 1.29 is 0 Å². The molecule has 0 bridgehead atoms. The van der Waals surface area contributed by atoms with Gasteiger partial charge in [0, 0.05) is 21.5 Å². The van der Waals surface area contributed by atoms with E-state index in [0.29, 0.717) is 0 Å². The van der Waals surface area contributed by atoms with E-state index in [1.54, 1.807) is 0 Å². The molecule has 180 valence electrons. The highest BCUT2D eigenvalue weighted by molar-refractivity contribution is 6.33. The van der Waals surface area contributed by atoms with Crippen molar-refractivity contribution >= 4 is 75.7 Å². The molecule has 0 saturated heterocycles. The van der Waals surface area contributed by atoms with Crippen LogP contribution in [0, 0.1) is 0 Å². The van der Waals surface area contributed by atoms with Gasteiger partial charge in [-0.2, -0.15) is 0 Å². The number of benzene rings is 8. The lowest BCUT2D eigenvalue weighted by Gasteiger charge is -2.16. The fraction of sp³-hybridized carbons (Fsp3) is 0. The molecular weight excluding hydrogens is 470 g/mol. The largest absolute Gasteiger partial charge is 0.308 e. The first-order chi connectivity index (χ1) is 19.4. The van der Waals surface area contributed by atoms with Gasteiger partial charge in [0.05, 0.1) is 16.7 Å². The number of fused-ring (bicyclic) bond motifs is 12. The van der Waals surface area contributed by atoms with Gasteiger partial charge in [-0.1, -0.05) is 121 Å². The van der Waals surface area contributed by atoms with Crippen molar-refractivity contribution in [2.45, 2.75) is 0 Å². The summed E-state index contributed by atoms with van der Waals surface area (Å²) in [6.07, 6.45) is 0. The van der Waals surface area contributed by atoms with Gasteiger partial charge in [-0.15, -0.1) is 0 Å². The molecule has 8 aromatic carbocycles. The third kappa shape index (κ3) is 2.79. The second kappa shape index (κ2) is 7.69. The van der Waals surface area contributed by atoms with Gasteiger partial charge < -0.3 is 4.57 Å². The molecule has 0 fully saturated rings. The van der Waals surface area contributed by atoms with Crippen molar-refractivity contribution in [1.29, 1.82) is 0 Å². The third-order valence-electron chi connectivity index (χ3n) is 8.49. The minimum atomic E-state index is 1.22. The number of nitrogens with zero attached hydrogens (tertiary/aromatic N) is 1. The molecule has 1 nitrogen and oxygen atoms in total. The molecule has 1 heteroatoms. The summed E-state index contributed by atoms with van der Waals surface area (Å²) < 4.78 is 2.54. The smallest absolute Gasteiger partial charge is 0.0626 e. The van der Waals surface area contributed by atoms with Gasteiger partial charge in [0.1, 0.15) is 0 Å². The molecule has 0 amide bonds. The number of rotatable bonds is 1. The Balaban J connectivity index is 1.63. The van der Waals surface area contributed by atoms with Crippen molar-refractivity contribution in [3.05, 3.63) is 140 Å². The van der Waals surface area contributed by atoms with Crippen molar-refractivity contribution in [1.82, 2.24) is 4.57 Å². The van der Waals surface area contributed by atoms with E-state index in [-0.39, 0.29) is 0 Å². The van der Waals surface area contributed by atoms with Gasteiger partial charge in [-0.05, 0) is 61.3 Å². The fourth-order valence-corrected chi connectivity index (χ4v) is 6.83. The normalized spacial score (nSPS) is 12.1. The Hall–Kier alpha value is -5.14. The lowest BCUT2D eigenvalue weighted by Crippen LogP contribution is -1.97. The van der Waals surface area contributed by atoms with E-state index in [1.165, 1.54) is 81.4 Å². The lowest BCUT2D eigenvalue weighted by atomic mass is 9.96. The molecule has 9 rings (SSSR count). The highest BCUT2D eigenvalue weighted by Gasteiger charge is 2.21. The summed E-state index contributed by atoms with van der Waals surface area (Å²) in [4.78, 5) is 0. The Morgan fingerprint density at radius 2 is 0.821 bits per heavy atom. The van der Waals surface area contributed by atoms with Gasteiger partial charge in [-0.3, -0.25) is 0 Å². The maximum absolute atomic E-state index is 2.54. The summed E-state index contributed by atoms with van der Waals surface area (Å²) in [6, 6.07) is 51.3. The van der Waals surface area contributed by atoms with Crippen LogP contribution in [0.2, 0.25) is 0 Å². The minimum absolute atomic E-state index is 1.22. The quantitative estimate of drug-likeness (QED) is 0.200. The van der Waals surface area contributed by atoms with Crippen LogP contribution in [0.1, 0.15) is 0 Å². The molecule has 9 aromatic rings. The molecule has 0 saturated carbocycles. The third-order valence-corrected chi connectivity index (χ3v) is 8.49. The summed E-state index contributed by atoms with van der Waals surface area (Å²) in [5.41, 5.74) is 3.74. The molecule has 0 aliphatic heterocycles. The second-order valence-corrected chi connectivity index (χ2v) is 10.5. The van der Waals surface area contributed by atoms with Crippen molar-refractivity contribution in [2.24, 2.45) is 0 Å². The Morgan fingerprint density at radius 1 is 0.333 bits per heavy atom. The van der Waals surface area contributed by atoms with Crippen LogP contribution in [-0.4, -0.2) is 4.57 Å². The number of hydrogen-bond acceptors (Lipinski definition) is 0. The van der Waals surface area contributed by atoms with Crippen LogP contribution in [0.5, 0.6) is 0 Å². The topological polar surface area (TPSA) is 4.93 Å². The molecular formula is C38H23N. The molecule has 1 heterocycles. The van der Waals surface area contributed by atoms with E-state index in [9.17, 15) is 0 Å².